The van der Waals surface area contributed by atoms with E-state index in [0.29, 0.717) is 11.3 Å². The number of fused-ring (bicyclic) bond motifs is 1. The molecular formula is C19H17N3O4. The number of aromatic nitrogens is 2. The van der Waals surface area contributed by atoms with Gasteiger partial charge >= 0.3 is 11.7 Å². The molecule has 0 fully saturated rings. The van der Waals surface area contributed by atoms with Crippen molar-refractivity contribution < 1.29 is 14.3 Å². The van der Waals surface area contributed by atoms with Gasteiger partial charge < -0.3 is 9.47 Å². The SMILES string of the molecule is COc1cc(C#N)ccc1OC(=O)CCn1c(=O)n(C)c2ccccc21. The van der Waals surface area contributed by atoms with Crippen LogP contribution in [0.5, 0.6) is 11.5 Å². The van der Waals surface area contributed by atoms with Gasteiger partial charge in [-0.25, -0.2) is 4.79 Å². The monoisotopic (exact) mass is 351 g/mol. The van der Waals surface area contributed by atoms with Crippen LogP contribution in [-0.2, 0) is 18.4 Å². The van der Waals surface area contributed by atoms with Crippen LogP contribution in [0.3, 0.4) is 0 Å². The zero-order valence-corrected chi connectivity index (χ0v) is 14.4. The number of rotatable bonds is 5. The molecular weight excluding hydrogens is 334 g/mol. The Morgan fingerprint density at radius 2 is 1.88 bits per heavy atom. The molecule has 7 nitrogen and oxygen atoms in total. The maximum absolute atomic E-state index is 12.4. The van der Waals surface area contributed by atoms with E-state index in [-0.39, 0.29) is 24.4 Å². The number of benzene rings is 2. The average molecular weight is 351 g/mol. The first-order valence-electron chi connectivity index (χ1n) is 7.98. The molecule has 0 aliphatic rings. The molecule has 0 amide bonds. The Morgan fingerprint density at radius 1 is 1.15 bits per heavy atom. The Balaban J connectivity index is 1.76. The Kier molecular flexibility index (Phi) is 4.76. The molecule has 0 bridgehead atoms. The van der Waals surface area contributed by atoms with Crippen LogP contribution in [0.4, 0.5) is 0 Å². The molecule has 0 saturated heterocycles. The Hall–Kier alpha value is -3.53. The van der Waals surface area contributed by atoms with Crippen LogP contribution in [0, 0.1) is 11.3 Å². The van der Waals surface area contributed by atoms with Crippen molar-refractivity contribution in [3.63, 3.8) is 0 Å². The van der Waals surface area contributed by atoms with E-state index in [1.165, 1.54) is 19.2 Å². The van der Waals surface area contributed by atoms with Crippen molar-refractivity contribution in [2.75, 3.05) is 7.11 Å². The van der Waals surface area contributed by atoms with Crippen molar-refractivity contribution in [2.45, 2.75) is 13.0 Å². The van der Waals surface area contributed by atoms with Gasteiger partial charge in [0.2, 0.25) is 0 Å². The van der Waals surface area contributed by atoms with Crippen LogP contribution in [0.1, 0.15) is 12.0 Å². The maximum Gasteiger partial charge on any atom is 0.328 e. The molecule has 0 N–H and O–H groups in total. The normalized spacial score (nSPS) is 10.5. The number of aryl methyl sites for hydroxylation is 2. The second-order valence-corrected chi connectivity index (χ2v) is 5.68. The highest BCUT2D eigenvalue weighted by Gasteiger charge is 2.14. The average Bonchev–Trinajstić information content (AvgIpc) is 2.91. The maximum atomic E-state index is 12.4. The standard InChI is InChI=1S/C19H17N3O4/c1-21-14-5-3-4-6-15(14)22(19(21)24)10-9-18(23)26-16-8-7-13(12-20)11-17(16)25-2/h3-8,11H,9-10H2,1-2H3. The van der Waals surface area contributed by atoms with E-state index in [9.17, 15) is 9.59 Å². The number of hydrogen-bond acceptors (Lipinski definition) is 5. The summed E-state index contributed by atoms with van der Waals surface area (Å²) >= 11 is 0. The molecule has 7 heteroatoms. The van der Waals surface area contributed by atoms with Crippen molar-refractivity contribution >= 4 is 17.0 Å². The second-order valence-electron chi connectivity index (χ2n) is 5.68. The van der Waals surface area contributed by atoms with Crippen LogP contribution in [0.15, 0.2) is 47.3 Å². The summed E-state index contributed by atoms with van der Waals surface area (Å²) in [6, 6.07) is 13.9. The van der Waals surface area contributed by atoms with Crippen molar-refractivity contribution in [1.29, 1.82) is 5.26 Å². The number of nitrogens with zero attached hydrogens (tertiary/aromatic N) is 3. The van der Waals surface area contributed by atoms with Gasteiger partial charge in [-0.15, -0.1) is 0 Å². The number of para-hydroxylation sites is 2. The van der Waals surface area contributed by atoms with Gasteiger partial charge in [-0.1, -0.05) is 12.1 Å². The van der Waals surface area contributed by atoms with Crippen LogP contribution in [-0.4, -0.2) is 22.2 Å². The lowest BCUT2D eigenvalue weighted by molar-refractivity contribution is -0.134. The predicted molar refractivity (Wildman–Crippen MR) is 95.1 cm³/mol. The summed E-state index contributed by atoms with van der Waals surface area (Å²) < 4.78 is 13.6. The summed E-state index contributed by atoms with van der Waals surface area (Å²) in [4.78, 5) is 24.6. The van der Waals surface area contributed by atoms with E-state index >= 15 is 0 Å². The molecule has 0 atom stereocenters. The minimum Gasteiger partial charge on any atom is -0.493 e. The van der Waals surface area contributed by atoms with Gasteiger partial charge in [-0.2, -0.15) is 5.26 Å². The highest BCUT2D eigenvalue weighted by atomic mass is 16.6. The molecule has 3 rings (SSSR count). The molecule has 2 aromatic carbocycles. The highest BCUT2D eigenvalue weighted by Crippen LogP contribution is 2.28. The Bertz CT molecular complexity index is 1070. The lowest BCUT2D eigenvalue weighted by Gasteiger charge is -2.09. The third-order valence-corrected chi connectivity index (χ3v) is 4.11. The molecule has 0 spiro atoms. The van der Waals surface area contributed by atoms with Gasteiger partial charge in [-0.05, 0) is 24.3 Å². The number of ether oxygens (including phenoxy) is 2. The first-order valence-corrected chi connectivity index (χ1v) is 7.98. The minimum absolute atomic E-state index is 0.0249. The van der Waals surface area contributed by atoms with Crippen molar-refractivity contribution in [2.24, 2.45) is 7.05 Å². The number of esters is 1. The van der Waals surface area contributed by atoms with Crippen LogP contribution < -0.4 is 15.2 Å². The fraction of sp³-hybridized carbons (Fsp3) is 0.211. The predicted octanol–water partition coefficient (Wildman–Crippen LogP) is 2.22. The van der Waals surface area contributed by atoms with Crippen molar-refractivity contribution in [3.05, 3.63) is 58.5 Å². The van der Waals surface area contributed by atoms with Gasteiger partial charge in [0.05, 0.1) is 36.2 Å². The third-order valence-electron chi connectivity index (χ3n) is 4.11. The summed E-state index contributed by atoms with van der Waals surface area (Å²) in [6.45, 7) is 0.206. The van der Waals surface area contributed by atoms with E-state index in [1.807, 2.05) is 30.3 Å². The van der Waals surface area contributed by atoms with E-state index in [1.54, 1.807) is 22.2 Å². The summed E-state index contributed by atoms with van der Waals surface area (Å²) in [5.41, 5.74) is 1.79. The van der Waals surface area contributed by atoms with Crippen LogP contribution in [0.2, 0.25) is 0 Å². The van der Waals surface area contributed by atoms with E-state index < -0.39 is 5.97 Å². The molecule has 0 unspecified atom stereocenters. The first-order chi connectivity index (χ1) is 12.5. The lowest BCUT2D eigenvalue weighted by atomic mass is 10.2. The summed E-state index contributed by atoms with van der Waals surface area (Å²) in [6.07, 6.45) is 0.0249. The van der Waals surface area contributed by atoms with E-state index in [4.69, 9.17) is 14.7 Å². The molecule has 0 radical (unpaired) electrons. The lowest BCUT2D eigenvalue weighted by Crippen LogP contribution is -2.24. The van der Waals surface area contributed by atoms with Gasteiger partial charge in [0.15, 0.2) is 11.5 Å². The number of imidazole rings is 1. The number of carbonyl (C=O) groups excluding carboxylic acids is 1. The second kappa shape index (κ2) is 7.15. The first kappa shape index (κ1) is 17.3. The third kappa shape index (κ3) is 3.17. The van der Waals surface area contributed by atoms with Crippen LogP contribution >= 0.6 is 0 Å². The molecule has 0 aliphatic heterocycles. The summed E-state index contributed by atoms with van der Waals surface area (Å²) in [5, 5.41) is 8.91. The smallest absolute Gasteiger partial charge is 0.328 e. The molecule has 1 heterocycles. The summed E-state index contributed by atoms with van der Waals surface area (Å²) in [5.74, 6) is 0.0503. The number of hydrogen-bond donors (Lipinski definition) is 0. The minimum atomic E-state index is -0.493. The van der Waals surface area contributed by atoms with Crippen LogP contribution in [0.25, 0.3) is 11.0 Å². The van der Waals surface area contributed by atoms with Gasteiger partial charge in [0.25, 0.3) is 0 Å². The quantitative estimate of drug-likeness (QED) is 0.520. The molecule has 1 aromatic heterocycles. The van der Waals surface area contributed by atoms with E-state index in [0.717, 1.165) is 11.0 Å². The van der Waals surface area contributed by atoms with Gasteiger partial charge in [0.1, 0.15) is 0 Å². The van der Waals surface area contributed by atoms with E-state index in [2.05, 4.69) is 0 Å². The molecule has 132 valence electrons. The topological polar surface area (TPSA) is 86.2 Å². The Labute approximate surface area is 149 Å². The van der Waals surface area contributed by atoms with Crippen molar-refractivity contribution in [3.8, 4) is 17.6 Å². The van der Waals surface area contributed by atoms with Gasteiger partial charge in [-0.3, -0.25) is 13.9 Å². The zero-order valence-electron chi connectivity index (χ0n) is 14.4. The fourth-order valence-corrected chi connectivity index (χ4v) is 2.78. The zero-order chi connectivity index (χ0) is 18.7. The highest BCUT2D eigenvalue weighted by molar-refractivity contribution is 5.77. The largest absolute Gasteiger partial charge is 0.493 e. The molecule has 3 aromatic rings. The fourth-order valence-electron chi connectivity index (χ4n) is 2.78. The number of methoxy groups -OCH3 is 1. The summed E-state index contributed by atoms with van der Waals surface area (Å²) in [7, 11) is 3.13. The number of nitriles is 1. The number of carbonyl (C=O) groups is 1. The molecule has 0 aliphatic carbocycles. The molecule has 0 saturated carbocycles. The Morgan fingerprint density at radius 3 is 2.58 bits per heavy atom. The molecule has 26 heavy (non-hydrogen) atoms. The van der Waals surface area contributed by atoms with Crippen molar-refractivity contribution in [1.82, 2.24) is 9.13 Å². The van der Waals surface area contributed by atoms with Gasteiger partial charge in [0, 0.05) is 19.7 Å².